The summed E-state index contributed by atoms with van der Waals surface area (Å²) in [6, 6.07) is 16.5. The van der Waals surface area contributed by atoms with Gasteiger partial charge >= 0.3 is 0 Å². The molecule has 1 saturated heterocycles. The van der Waals surface area contributed by atoms with Gasteiger partial charge in [-0.25, -0.2) is 0 Å². The quantitative estimate of drug-likeness (QED) is 0.664. The van der Waals surface area contributed by atoms with Crippen LogP contribution in [0.15, 0.2) is 48.5 Å². The molecule has 0 bridgehead atoms. The third-order valence-corrected chi connectivity index (χ3v) is 5.28. The number of anilines is 1. The minimum absolute atomic E-state index is 0.251. The molecular formula is C24H34N2O3. The van der Waals surface area contributed by atoms with E-state index in [0.29, 0.717) is 6.54 Å². The van der Waals surface area contributed by atoms with E-state index in [1.165, 1.54) is 16.8 Å². The van der Waals surface area contributed by atoms with E-state index in [9.17, 15) is 5.11 Å². The van der Waals surface area contributed by atoms with Crippen LogP contribution in [0, 0.1) is 6.92 Å². The van der Waals surface area contributed by atoms with Crippen LogP contribution < -0.4 is 9.64 Å². The molecule has 2 aromatic rings. The van der Waals surface area contributed by atoms with E-state index >= 15 is 0 Å². The fourth-order valence-electron chi connectivity index (χ4n) is 3.62. The standard InChI is InChI=1S/C24H34N2O3/c1-19-6-12-23(13-7-19)29-18-22(27)16-26(17-24-5-4-14-28-24)15-20-8-10-21(11-9-20)25(2)3/h6-13,22,24,27H,4-5,14-18H2,1-3H3. The number of aryl methyl sites for hydroxylation is 1. The van der Waals surface area contributed by atoms with Crippen molar-refractivity contribution in [3.8, 4) is 5.75 Å². The highest BCUT2D eigenvalue weighted by molar-refractivity contribution is 5.45. The Kier molecular flexibility index (Phi) is 7.92. The van der Waals surface area contributed by atoms with Crippen LogP contribution in [0.25, 0.3) is 0 Å². The fourth-order valence-corrected chi connectivity index (χ4v) is 3.62. The molecule has 0 aliphatic carbocycles. The zero-order chi connectivity index (χ0) is 20.6. The normalized spacial score (nSPS) is 17.5. The van der Waals surface area contributed by atoms with Crippen LogP contribution in [0.2, 0.25) is 0 Å². The summed E-state index contributed by atoms with van der Waals surface area (Å²) in [6.07, 6.45) is 1.90. The second-order valence-corrected chi connectivity index (χ2v) is 8.17. The Balaban J connectivity index is 1.57. The molecule has 2 unspecified atom stereocenters. The number of hydrogen-bond donors (Lipinski definition) is 1. The van der Waals surface area contributed by atoms with Gasteiger partial charge < -0.3 is 19.5 Å². The van der Waals surface area contributed by atoms with Crippen LogP contribution >= 0.6 is 0 Å². The lowest BCUT2D eigenvalue weighted by Gasteiger charge is -2.27. The predicted octanol–water partition coefficient (Wildman–Crippen LogP) is 3.48. The van der Waals surface area contributed by atoms with Crippen LogP contribution in [-0.2, 0) is 11.3 Å². The average Bonchev–Trinajstić information content (AvgIpc) is 3.21. The molecular weight excluding hydrogens is 364 g/mol. The lowest BCUT2D eigenvalue weighted by atomic mass is 10.1. The van der Waals surface area contributed by atoms with Crippen LogP contribution in [-0.4, -0.2) is 62.6 Å². The highest BCUT2D eigenvalue weighted by atomic mass is 16.5. The minimum atomic E-state index is -0.557. The summed E-state index contributed by atoms with van der Waals surface area (Å²) >= 11 is 0. The van der Waals surface area contributed by atoms with Gasteiger partial charge in [-0.3, -0.25) is 4.90 Å². The second-order valence-electron chi connectivity index (χ2n) is 8.17. The van der Waals surface area contributed by atoms with Crippen molar-refractivity contribution in [2.45, 2.75) is 38.5 Å². The Morgan fingerprint density at radius 3 is 2.45 bits per heavy atom. The molecule has 1 aliphatic rings. The van der Waals surface area contributed by atoms with Gasteiger partial charge in [0.15, 0.2) is 0 Å². The monoisotopic (exact) mass is 398 g/mol. The van der Waals surface area contributed by atoms with Gasteiger partial charge in [0.05, 0.1) is 6.10 Å². The summed E-state index contributed by atoms with van der Waals surface area (Å²) in [5, 5.41) is 10.6. The zero-order valence-electron chi connectivity index (χ0n) is 17.9. The lowest BCUT2D eigenvalue weighted by Crippen LogP contribution is -2.39. The fraction of sp³-hybridized carbons (Fsp3) is 0.500. The third-order valence-electron chi connectivity index (χ3n) is 5.28. The first kappa shape index (κ1) is 21.6. The number of nitrogens with zero attached hydrogens (tertiary/aromatic N) is 2. The summed E-state index contributed by atoms with van der Waals surface area (Å²) in [5.41, 5.74) is 3.62. The van der Waals surface area contributed by atoms with Gasteiger partial charge in [-0.15, -0.1) is 0 Å². The number of aliphatic hydroxyl groups is 1. The largest absolute Gasteiger partial charge is 0.491 e. The van der Waals surface area contributed by atoms with E-state index in [1.807, 2.05) is 45.3 Å². The van der Waals surface area contributed by atoms with Crippen molar-refractivity contribution in [1.29, 1.82) is 0 Å². The number of rotatable bonds is 10. The molecule has 2 atom stereocenters. The van der Waals surface area contributed by atoms with Crippen molar-refractivity contribution >= 4 is 5.69 Å². The van der Waals surface area contributed by atoms with E-state index in [1.54, 1.807) is 0 Å². The molecule has 0 saturated carbocycles. The van der Waals surface area contributed by atoms with Gasteiger partial charge in [0, 0.05) is 46.0 Å². The molecule has 1 aliphatic heterocycles. The Hall–Kier alpha value is -2.08. The molecule has 1 N–H and O–H groups in total. The molecule has 0 aromatic heterocycles. The van der Waals surface area contributed by atoms with Crippen molar-refractivity contribution < 1.29 is 14.6 Å². The maximum absolute atomic E-state index is 10.6. The van der Waals surface area contributed by atoms with Crippen molar-refractivity contribution in [2.24, 2.45) is 0 Å². The highest BCUT2D eigenvalue weighted by Gasteiger charge is 2.21. The van der Waals surface area contributed by atoms with Crippen molar-refractivity contribution in [1.82, 2.24) is 4.90 Å². The molecule has 158 valence electrons. The number of ether oxygens (including phenoxy) is 2. The number of aliphatic hydroxyl groups excluding tert-OH is 1. The van der Waals surface area contributed by atoms with Gasteiger partial charge in [-0.2, -0.15) is 0 Å². The Labute approximate surface area is 174 Å². The third kappa shape index (κ3) is 7.03. The molecule has 0 radical (unpaired) electrons. The number of hydrogen-bond acceptors (Lipinski definition) is 5. The summed E-state index contributed by atoms with van der Waals surface area (Å²) in [7, 11) is 4.09. The molecule has 5 nitrogen and oxygen atoms in total. The topological polar surface area (TPSA) is 45.2 Å². The molecule has 1 heterocycles. The minimum Gasteiger partial charge on any atom is -0.491 e. The van der Waals surface area contributed by atoms with Crippen LogP contribution in [0.3, 0.4) is 0 Å². The Morgan fingerprint density at radius 1 is 1.10 bits per heavy atom. The molecule has 0 amide bonds. The van der Waals surface area contributed by atoms with Crippen LogP contribution in [0.4, 0.5) is 5.69 Å². The molecule has 2 aromatic carbocycles. The SMILES string of the molecule is Cc1ccc(OCC(O)CN(Cc2ccc(N(C)C)cc2)CC2CCCO2)cc1. The van der Waals surface area contributed by atoms with E-state index in [2.05, 4.69) is 34.1 Å². The molecule has 3 rings (SSSR count). The average molecular weight is 399 g/mol. The maximum Gasteiger partial charge on any atom is 0.119 e. The smallest absolute Gasteiger partial charge is 0.119 e. The van der Waals surface area contributed by atoms with Gasteiger partial charge in [-0.05, 0) is 49.6 Å². The van der Waals surface area contributed by atoms with Crippen molar-refractivity contribution in [3.63, 3.8) is 0 Å². The first-order valence-corrected chi connectivity index (χ1v) is 10.5. The van der Waals surface area contributed by atoms with Gasteiger partial charge in [0.1, 0.15) is 18.5 Å². The summed E-state index contributed by atoms with van der Waals surface area (Å²) in [6.45, 7) is 5.35. The molecule has 5 heteroatoms. The van der Waals surface area contributed by atoms with E-state index in [0.717, 1.165) is 38.3 Å². The van der Waals surface area contributed by atoms with Gasteiger partial charge in [0.25, 0.3) is 0 Å². The van der Waals surface area contributed by atoms with Gasteiger partial charge in [-0.1, -0.05) is 29.8 Å². The number of benzene rings is 2. The van der Waals surface area contributed by atoms with E-state index in [4.69, 9.17) is 9.47 Å². The first-order valence-electron chi connectivity index (χ1n) is 10.5. The molecule has 1 fully saturated rings. The molecule has 0 spiro atoms. The summed E-state index contributed by atoms with van der Waals surface area (Å²) in [4.78, 5) is 4.38. The second kappa shape index (κ2) is 10.6. The van der Waals surface area contributed by atoms with E-state index < -0.39 is 6.10 Å². The predicted molar refractivity (Wildman–Crippen MR) is 118 cm³/mol. The maximum atomic E-state index is 10.6. The first-order chi connectivity index (χ1) is 14.0. The summed E-state index contributed by atoms with van der Waals surface area (Å²) < 4.78 is 11.6. The van der Waals surface area contributed by atoms with Crippen LogP contribution in [0.5, 0.6) is 5.75 Å². The van der Waals surface area contributed by atoms with Crippen molar-refractivity contribution in [2.75, 3.05) is 45.3 Å². The van der Waals surface area contributed by atoms with Crippen LogP contribution in [0.1, 0.15) is 24.0 Å². The summed E-state index contributed by atoms with van der Waals surface area (Å²) in [5.74, 6) is 0.791. The van der Waals surface area contributed by atoms with Crippen molar-refractivity contribution in [3.05, 3.63) is 59.7 Å². The Morgan fingerprint density at radius 2 is 1.83 bits per heavy atom. The lowest BCUT2D eigenvalue weighted by molar-refractivity contribution is 0.0313. The Bertz CT molecular complexity index is 725. The molecule has 29 heavy (non-hydrogen) atoms. The highest BCUT2D eigenvalue weighted by Crippen LogP contribution is 2.18. The zero-order valence-corrected chi connectivity index (χ0v) is 17.9. The van der Waals surface area contributed by atoms with E-state index in [-0.39, 0.29) is 12.7 Å². The van der Waals surface area contributed by atoms with Gasteiger partial charge in [0.2, 0.25) is 0 Å².